The summed E-state index contributed by atoms with van der Waals surface area (Å²) in [6.07, 6.45) is 1.62. The summed E-state index contributed by atoms with van der Waals surface area (Å²) in [5.41, 5.74) is 1.62. The van der Waals surface area contributed by atoms with Crippen molar-refractivity contribution in [3.63, 3.8) is 0 Å². The first-order valence-electron chi connectivity index (χ1n) is 10.5. The lowest BCUT2D eigenvalue weighted by Gasteiger charge is -2.13. The molecule has 0 bridgehead atoms. The zero-order chi connectivity index (χ0) is 23.8. The van der Waals surface area contributed by atoms with E-state index in [0.717, 1.165) is 21.8 Å². The average Bonchev–Trinajstić information content (AvgIpc) is 3.19. The summed E-state index contributed by atoms with van der Waals surface area (Å²) in [5, 5.41) is 11.3. The fourth-order valence-corrected chi connectivity index (χ4v) is 4.85. The Morgan fingerprint density at radius 2 is 1.67 bits per heavy atom. The lowest BCUT2D eigenvalue weighted by molar-refractivity contribution is 0.0743. The van der Waals surface area contributed by atoms with Crippen molar-refractivity contribution in [2.75, 3.05) is 5.75 Å². The Morgan fingerprint density at radius 1 is 1.00 bits per heavy atom. The van der Waals surface area contributed by atoms with Gasteiger partial charge in [-0.25, -0.2) is 9.37 Å². The molecule has 0 spiro atoms. The quantitative estimate of drug-likeness (QED) is 0.272. The van der Waals surface area contributed by atoms with Gasteiger partial charge in [-0.2, -0.15) is 0 Å². The van der Waals surface area contributed by atoms with Gasteiger partial charge in [-0.1, -0.05) is 54.4 Å². The summed E-state index contributed by atoms with van der Waals surface area (Å²) in [6, 6.07) is 18.3. The van der Waals surface area contributed by atoms with E-state index >= 15 is 4.39 Å². The van der Waals surface area contributed by atoms with Gasteiger partial charge in [-0.15, -0.1) is 11.8 Å². The van der Waals surface area contributed by atoms with Gasteiger partial charge in [-0.05, 0) is 67.1 Å². The summed E-state index contributed by atoms with van der Waals surface area (Å²) in [7, 11) is 0. The highest BCUT2D eigenvalue weighted by Gasteiger charge is 2.26. The van der Waals surface area contributed by atoms with Gasteiger partial charge in [0.2, 0.25) is 0 Å². The maximum Gasteiger partial charge on any atom is 0.148 e. The van der Waals surface area contributed by atoms with Crippen molar-refractivity contribution in [1.82, 2.24) is 9.55 Å². The standard InChI is InChI=1S/C26H23Cl2FN2OS/c1-4-33-18-8-5-7-16(13-18)17-11-12-22(21(29)14-17)31-15-23(26(2,3)32)30-25(31)24-19(27)9-6-10-20(24)28/h5-15,32H,4H2,1-3H3. The van der Waals surface area contributed by atoms with Crippen LogP contribution in [0.4, 0.5) is 4.39 Å². The number of hydrogen-bond donors (Lipinski definition) is 1. The number of aliphatic hydroxyl groups is 1. The molecule has 1 N–H and O–H groups in total. The number of rotatable bonds is 6. The number of imidazole rings is 1. The van der Waals surface area contributed by atoms with Crippen molar-refractivity contribution in [2.45, 2.75) is 31.3 Å². The molecule has 4 aromatic rings. The Kier molecular flexibility index (Phi) is 6.87. The molecule has 1 heterocycles. The van der Waals surface area contributed by atoms with Gasteiger partial charge in [0.05, 0.1) is 27.0 Å². The number of nitrogens with zero attached hydrogens (tertiary/aromatic N) is 2. The molecule has 7 heteroatoms. The van der Waals surface area contributed by atoms with Crippen molar-refractivity contribution in [3.05, 3.63) is 88.4 Å². The molecular weight excluding hydrogens is 478 g/mol. The van der Waals surface area contributed by atoms with E-state index in [2.05, 4.69) is 18.0 Å². The topological polar surface area (TPSA) is 38.0 Å². The van der Waals surface area contributed by atoms with Crippen LogP contribution in [0.3, 0.4) is 0 Å². The van der Waals surface area contributed by atoms with E-state index in [4.69, 9.17) is 23.2 Å². The third-order valence-electron chi connectivity index (χ3n) is 5.20. The second kappa shape index (κ2) is 9.51. The van der Waals surface area contributed by atoms with E-state index < -0.39 is 11.4 Å². The molecule has 0 unspecified atom stereocenters. The first-order valence-corrected chi connectivity index (χ1v) is 12.2. The monoisotopic (exact) mass is 500 g/mol. The van der Waals surface area contributed by atoms with Gasteiger partial charge >= 0.3 is 0 Å². The van der Waals surface area contributed by atoms with Crippen LogP contribution in [-0.2, 0) is 5.60 Å². The average molecular weight is 501 g/mol. The highest BCUT2D eigenvalue weighted by Crippen LogP contribution is 2.37. The summed E-state index contributed by atoms with van der Waals surface area (Å²) in [5.74, 6) is 0.898. The fraction of sp³-hybridized carbons (Fsp3) is 0.192. The highest BCUT2D eigenvalue weighted by atomic mass is 35.5. The molecule has 4 rings (SSSR count). The zero-order valence-corrected chi connectivity index (χ0v) is 20.8. The number of halogens is 3. The molecule has 0 radical (unpaired) electrons. The minimum atomic E-state index is -1.23. The van der Waals surface area contributed by atoms with Gasteiger partial charge in [0.1, 0.15) is 17.2 Å². The lowest BCUT2D eigenvalue weighted by Crippen LogP contribution is -2.15. The third-order valence-corrected chi connectivity index (χ3v) is 6.71. The fourth-order valence-electron chi connectivity index (χ4n) is 3.56. The van der Waals surface area contributed by atoms with Crippen LogP contribution >= 0.6 is 35.0 Å². The van der Waals surface area contributed by atoms with Crippen molar-refractivity contribution in [3.8, 4) is 28.2 Å². The van der Waals surface area contributed by atoms with Gasteiger partial charge < -0.3 is 5.11 Å². The minimum Gasteiger partial charge on any atom is -0.384 e. The normalized spacial score (nSPS) is 11.7. The first kappa shape index (κ1) is 23.8. The zero-order valence-electron chi connectivity index (χ0n) is 18.4. The number of hydrogen-bond acceptors (Lipinski definition) is 3. The summed E-state index contributed by atoms with van der Waals surface area (Å²) >= 11 is 14.6. The van der Waals surface area contributed by atoms with Crippen molar-refractivity contribution in [2.24, 2.45) is 0 Å². The molecule has 0 fully saturated rings. The van der Waals surface area contributed by atoms with Gasteiger partial charge in [0, 0.05) is 11.1 Å². The van der Waals surface area contributed by atoms with Crippen molar-refractivity contribution >= 4 is 35.0 Å². The largest absolute Gasteiger partial charge is 0.384 e. The lowest BCUT2D eigenvalue weighted by atomic mass is 10.0. The predicted octanol–water partition coefficient (Wildman–Crippen LogP) is 7.99. The van der Waals surface area contributed by atoms with Gasteiger partial charge in [0.15, 0.2) is 0 Å². The maximum atomic E-state index is 15.5. The number of aromatic nitrogens is 2. The molecular formula is C26H23Cl2FN2OS. The van der Waals surface area contributed by atoms with Crippen molar-refractivity contribution in [1.29, 1.82) is 0 Å². The second-order valence-electron chi connectivity index (χ2n) is 8.10. The van der Waals surface area contributed by atoms with Crippen molar-refractivity contribution < 1.29 is 9.50 Å². The summed E-state index contributed by atoms with van der Waals surface area (Å²) in [4.78, 5) is 5.72. The van der Waals surface area contributed by atoms with Crippen LogP contribution in [0.2, 0.25) is 10.0 Å². The molecule has 3 nitrogen and oxygen atoms in total. The Labute approximate surface area is 207 Å². The van der Waals surface area contributed by atoms with E-state index in [1.807, 2.05) is 24.3 Å². The molecule has 0 aliphatic rings. The van der Waals surface area contributed by atoms with Crippen LogP contribution in [0.1, 0.15) is 26.5 Å². The van der Waals surface area contributed by atoms with Crippen LogP contribution < -0.4 is 0 Å². The summed E-state index contributed by atoms with van der Waals surface area (Å²) < 4.78 is 17.1. The van der Waals surface area contributed by atoms with Crippen LogP contribution in [0, 0.1) is 5.82 Å². The molecule has 0 atom stereocenters. The molecule has 0 saturated carbocycles. The van der Waals surface area contributed by atoms with Gasteiger partial charge in [-0.3, -0.25) is 4.57 Å². The van der Waals surface area contributed by atoms with E-state index in [0.29, 0.717) is 27.1 Å². The van der Waals surface area contributed by atoms with E-state index in [1.165, 1.54) is 6.07 Å². The highest BCUT2D eigenvalue weighted by molar-refractivity contribution is 7.99. The first-order chi connectivity index (χ1) is 15.7. The van der Waals surface area contributed by atoms with Crippen LogP contribution in [0.15, 0.2) is 71.8 Å². The Morgan fingerprint density at radius 3 is 2.30 bits per heavy atom. The smallest absolute Gasteiger partial charge is 0.148 e. The second-order valence-corrected chi connectivity index (χ2v) is 10.3. The third kappa shape index (κ3) is 4.97. The maximum absolute atomic E-state index is 15.5. The van der Waals surface area contributed by atoms with Gasteiger partial charge in [0.25, 0.3) is 0 Å². The minimum absolute atomic E-state index is 0.284. The van der Waals surface area contributed by atoms with Crippen LogP contribution in [0.5, 0.6) is 0 Å². The van der Waals surface area contributed by atoms with E-state index in [1.54, 1.807) is 60.6 Å². The number of benzene rings is 3. The Balaban J connectivity index is 1.86. The van der Waals surface area contributed by atoms with Crippen LogP contribution in [0.25, 0.3) is 28.2 Å². The Bertz CT molecular complexity index is 1290. The molecule has 0 aliphatic heterocycles. The Hall–Kier alpha value is -2.31. The molecule has 0 saturated heterocycles. The predicted molar refractivity (Wildman–Crippen MR) is 136 cm³/mol. The molecule has 3 aromatic carbocycles. The summed E-state index contributed by atoms with van der Waals surface area (Å²) in [6.45, 7) is 5.35. The SMILES string of the molecule is CCSc1cccc(-c2ccc(-n3cc(C(C)(C)O)nc3-c3c(Cl)cccc3Cl)c(F)c2)c1. The van der Waals surface area contributed by atoms with Crippen LogP contribution in [-0.4, -0.2) is 20.4 Å². The molecule has 0 amide bonds. The van der Waals surface area contributed by atoms with E-state index in [-0.39, 0.29) is 5.69 Å². The number of thioether (sulfide) groups is 1. The molecule has 170 valence electrons. The molecule has 33 heavy (non-hydrogen) atoms. The van der Waals surface area contributed by atoms with E-state index in [9.17, 15) is 5.11 Å². The molecule has 1 aromatic heterocycles. The molecule has 0 aliphatic carbocycles.